The van der Waals surface area contributed by atoms with E-state index in [1.165, 1.54) is 12.3 Å². The summed E-state index contributed by atoms with van der Waals surface area (Å²) in [6, 6.07) is 4.75. The molecule has 2 rings (SSSR count). The summed E-state index contributed by atoms with van der Waals surface area (Å²) in [7, 11) is 0. The number of rotatable bonds is 2. The Morgan fingerprint density at radius 2 is 2.13 bits per heavy atom. The van der Waals surface area contributed by atoms with E-state index < -0.39 is 12.2 Å². The number of alkyl halides is 2. The van der Waals surface area contributed by atoms with Crippen molar-refractivity contribution in [3.8, 4) is 0 Å². The van der Waals surface area contributed by atoms with Crippen LogP contribution in [0.25, 0.3) is 10.9 Å². The van der Waals surface area contributed by atoms with Crippen molar-refractivity contribution in [2.45, 2.75) is 6.43 Å². The molecule has 0 saturated heterocycles. The van der Waals surface area contributed by atoms with E-state index in [2.05, 4.69) is 4.98 Å². The van der Waals surface area contributed by atoms with Gasteiger partial charge in [-0.15, -0.1) is 0 Å². The summed E-state index contributed by atoms with van der Waals surface area (Å²) in [4.78, 5) is 13.9. The van der Waals surface area contributed by atoms with Crippen LogP contribution in [0.1, 0.15) is 10.4 Å². The standard InChI is InChI=1S/C10H6ClF2NO/c11-5-1-2-8-6(3-5)7(4-14-8)9(15)10(12)13/h1-4,10,14H. The van der Waals surface area contributed by atoms with Crippen LogP contribution in [-0.4, -0.2) is 17.2 Å². The largest absolute Gasteiger partial charge is 0.360 e. The Morgan fingerprint density at radius 1 is 1.40 bits per heavy atom. The zero-order chi connectivity index (χ0) is 11.0. The number of H-pyrrole nitrogens is 1. The number of benzene rings is 1. The number of aromatic nitrogens is 1. The molecule has 1 aromatic heterocycles. The van der Waals surface area contributed by atoms with Crippen LogP contribution in [0.2, 0.25) is 5.02 Å². The average molecular weight is 230 g/mol. The molecule has 2 nitrogen and oxygen atoms in total. The first-order valence-electron chi connectivity index (χ1n) is 4.18. The molecule has 0 bridgehead atoms. The SMILES string of the molecule is O=C(c1c[nH]c2ccc(Cl)cc12)C(F)F. The van der Waals surface area contributed by atoms with Crippen LogP contribution >= 0.6 is 11.6 Å². The topological polar surface area (TPSA) is 32.9 Å². The number of hydrogen-bond donors (Lipinski definition) is 1. The summed E-state index contributed by atoms with van der Waals surface area (Å²) in [5.41, 5.74) is 0.589. The van der Waals surface area contributed by atoms with Crippen molar-refractivity contribution >= 4 is 28.3 Å². The number of fused-ring (bicyclic) bond motifs is 1. The number of ketones is 1. The van der Waals surface area contributed by atoms with Crippen molar-refractivity contribution in [2.75, 3.05) is 0 Å². The maximum Gasteiger partial charge on any atom is 0.300 e. The maximum absolute atomic E-state index is 12.2. The highest BCUT2D eigenvalue weighted by Crippen LogP contribution is 2.23. The zero-order valence-electron chi connectivity index (χ0n) is 7.43. The van der Waals surface area contributed by atoms with Crippen LogP contribution in [0.15, 0.2) is 24.4 Å². The molecule has 0 fully saturated rings. The molecule has 0 aliphatic rings. The molecule has 0 aliphatic heterocycles. The van der Waals surface area contributed by atoms with Gasteiger partial charge in [0.05, 0.1) is 0 Å². The first kappa shape index (κ1) is 10.1. The van der Waals surface area contributed by atoms with E-state index in [-0.39, 0.29) is 5.56 Å². The molecule has 1 aromatic carbocycles. The highest BCUT2D eigenvalue weighted by atomic mass is 35.5. The van der Waals surface area contributed by atoms with Gasteiger partial charge in [0.15, 0.2) is 0 Å². The van der Waals surface area contributed by atoms with Gasteiger partial charge in [-0.2, -0.15) is 0 Å². The lowest BCUT2D eigenvalue weighted by molar-refractivity contribution is 0.0680. The minimum atomic E-state index is -3.00. The van der Waals surface area contributed by atoms with E-state index in [1.54, 1.807) is 12.1 Å². The van der Waals surface area contributed by atoms with Crippen LogP contribution in [0, 0.1) is 0 Å². The smallest absolute Gasteiger partial charge is 0.300 e. The maximum atomic E-state index is 12.2. The van der Waals surface area contributed by atoms with Crippen molar-refractivity contribution in [1.29, 1.82) is 0 Å². The summed E-state index contributed by atoms with van der Waals surface area (Å²) in [5, 5.41) is 0.832. The van der Waals surface area contributed by atoms with Gasteiger partial charge in [-0.1, -0.05) is 11.6 Å². The first-order chi connectivity index (χ1) is 7.09. The number of carbonyl (C=O) groups excluding carboxylic acids is 1. The molecule has 78 valence electrons. The predicted molar refractivity (Wildman–Crippen MR) is 53.6 cm³/mol. The zero-order valence-corrected chi connectivity index (χ0v) is 8.18. The molecule has 1 heterocycles. The number of hydrogen-bond acceptors (Lipinski definition) is 1. The fourth-order valence-corrected chi connectivity index (χ4v) is 1.59. The monoisotopic (exact) mass is 229 g/mol. The molecular formula is C10H6ClF2NO. The Labute approximate surface area is 88.8 Å². The Bertz CT molecular complexity index is 521. The molecule has 5 heteroatoms. The van der Waals surface area contributed by atoms with Crippen LogP contribution in [0.4, 0.5) is 8.78 Å². The van der Waals surface area contributed by atoms with Crippen molar-refractivity contribution in [3.63, 3.8) is 0 Å². The van der Waals surface area contributed by atoms with Gasteiger partial charge in [0, 0.05) is 27.7 Å². The third-order valence-electron chi connectivity index (χ3n) is 2.11. The molecule has 0 spiro atoms. The van der Waals surface area contributed by atoms with Gasteiger partial charge in [-0.05, 0) is 18.2 Å². The van der Waals surface area contributed by atoms with Crippen LogP contribution in [0.5, 0.6) is 0 Å². The minimum Gasteiger partial charge on any atom is -0.360 e. The number of aromatic amines is 1. The van der Waals surface area contributed by atoms with Gasteiger partial charge < -0.3 is 4.98 Å². The summed E-state index contributed by atoms with van der Waals surface area (Å²) in [6.07, 6.45) is -1.72. The van der Waals surface area contributed by atoms with E-state index in [1.807, 2.05) is 0 Å². The average Bonchev–Trinajstić information content (AvgIpc) is 2.59. The number of Topliss-reactive ketones (excluding diaryl/α,β-unsaturated/α-hetero) is 1. The molecule has 0 atom stereocenters. The minimum absolute atomic E-state index is 0.0255. The lowest BCUT2D eigenvalue weighted by atomic mass is 10.1. The molecule has 0 amide bonds. The molecule has 0 unspecified atom stereocenters. The van der Waals surface area contributed by atoms with Gasteiger partial charge in [0.1, 0.15) is 0 Å². The number of nitrogens with one attached hydrogen (secondary N) is 1. The van der Waals surface area contributed by atoms with E-state index >= 15 is 0 Å². The van der Waals surface area contributed by atoms with Gasteiger partial charge in [-0.25, -0.2) is 8.78 Å². The second-order valence-corrected chi connectivity index (χ2v) is 3.49. The van der Waals surface area contributed by atoms with E-state index in [9.17, 15) is 13.6 Å². The van der Waals surface area contributed by atoms with Gasteiger partial charge in [0.25, 0.3) is 0 Å². The second-order valence-electron chi connectivity index (χ2n) is 3.06. The van der Waals surface area contributed by atoms with Crippen molar-refractivity contribution in [1.82, 2.24) is 4.98 Å². The molecular weight excluding hydrogens is 224 g/mol. The number of halogens is 3. The Kier molecular flexibility index (Phi) is 2.44. The fraction of sp³-hybridized carbons (Fsp3) is 0.100. The van der Waals surface area contributed by atoms with Crippen LogP contribution in [-0.2, 0) is 0 Å². The summed E-state index contributed by atoms with van der Waals surface area (Å²) in [5.74, 6) is -1.19. The molecule has 0 aliphatic carbocycles. The Hall–Kier alpha value is -1.42. The van der Waals surface area contributed by atoms with Gasteiger partial charge >= 0.3 is 6.43 Å². The highest BCUT2D eigenvalue weighted by molar-refractivity contribution is 6.31. The Morgan fingerprint density at radius 3 is 2.80 bits per heavy atom. The van der Waals surface area contributed by atoms with Gasteiger partial charge in [-0.3, -0.25) is 4.79 Å². The third-order valence-corrected chi connectivity index (χ3v) is 2.34. The van der Waals surface area contributed by atoms with Crippen molar-refractivity contribution in [2.24, 2.45) is 0 Å². The van der Waals surface area contributed by atoms with Crippen molar-refractivity contribution < 1.29 is 13.6 Å². The fourth-order valence-electron chi connectivity index (χ4n) is 1.41. The summed E-state index contributed by atoms with van der Waals surface area (Å²) < 4.78 is 24.4. The number of carbonyl (C=O) groups is 1. The van der Waals surface area contributed by atoms with Crippen LogP contribution in [0.3, 0.4) is 0 Å². The normalized spacial score (nSPS) is 11.2. The lowest BCUT2D eigenvalue weighted by Gasteiger charge is -1.97. The highest BCUT2D eigenvalue weighted by Gasteiger charge is 2.21. The van der Waals surface area contributed by atoms with E-state index in [4.69, 9.17) is 11.6 Å². The predicted octanol–water partition coefficient (Wildman–Crippen LogP) is 3.27. The van der Waals surface area contributed by atoms with E-state index in [0.29, 0.717) is 15.9 Å². The molecule has 0 radical (unpaired) electrons. The molecule has 15 heavy (non-hydrogen) atoms. The molecule has 2 aromatic rings. The van der Waals surface area contributed by atoms with Crippen molar-refractivity contribution in [3.05, 3.63) is 35.0 Å². The summed E-state index contributed by atoms with van der Waals surface area (Å²) in [6.45, 7) is 0. The quantitative estimate of drug-likeness (QED) is 0.788. The molecule has 1 N–H and O–H groups in total. The third kappa shape index (κ3) is 1.72. The summed E-state index contributed by atoms with van der Waals surface area (Å²) >= 11 is 5.72. The van der Waals surface area contributed by atoms with E-state index in [0.717, 1.165) is 0 Å². The lowest BCUT2D eigenvalue weighted by Crippen LogP contribution is -2.09. The van der Waals surface area contributed by atoms with Gasteiger partial charge in [0.2, 0.25) is 5.78 Å². The Balaban J connectivity index is 2.62. The molecule has 0 saturated carbocycles. The van der Waals surface area contributed by atoms with Crippen LogP contribution < -0.4 is 0 Å². The first-order valence-corrected chi connectivity index (χ1v) is 4.56. The second kappa shape index (κ2) is 3.62.